The number of urea groups is 1. The number of rotatable bonds is 4. The molecule has 166 valence electrons. The van der Waals surface area contributed by atoms with Crippen molar-refractivity contribution in [3.05, 3.63) is 46.0 Å². The molecule has 0 spiro atoms. The Balaban J connectivity index is 1.46. The zero-order valence-electron chi connectivity index (χ0n) is 17.6. The number of likely N-dealkylation sites (N-methyl/N-ethyl adjacent to an activating group) is 1. The fourth-order valence-electron chi connectivity index (χ4n) is 4.24. The minimum absolute atomic E-state index is 0.314. The molecule has 1 aromatic rings. The van der Waals surface area contributed by atoms with E-state index < -0.39 is 18.2 Å². The number of guanidine groups is 1. The summed E-state index contributed by atoms with van der Waals surface area (Å²) in [5.74, 6) is 0.440. The standard InChI is InChI=1S/C21H26Cl2N6O2/c1-13(2)11-29-17-18(26(3)21(31)25-19(17)30)24-20(29)28-8-6-27(7-9-28)12-14-4-5-15(22)16(23)10-14/h4-5,10,17-18H,1,6-9,11-12H2,2-3H3,(H,25,30,31). The van der Waals surface area contributed by atoms with E-state index in [-0.39, 0.29) is 5.91 Å². The lowest BCUT2D eigenvalue weighted by Crippen LogP contribution is -2.64. The number of imide groups is 1. The molecule has 10 heteroatoms. The summed E-state index contributed by atoms with van der Waals surface area (Å²) in [6.45, 7) is 10.5. The van der Waals surface area contributed by atoms with Gasteiger partial charge in [0.15, 0.2) is 18.2 Å². The molecule has 3 heterocycles. The van der Waals surface area contributed by atoms with Gasteiger partial charge in [0.05, 0.1) is 10.0 Å². The summed E-state index contributed by atoms with van der Waals surface area (Å²) in [7, 11) is 1.67. The van der Waals surface area contributed by atoms with Gasteiger partial charge in [0, 0.05) is 46.3 Å². The van der Waals surface area contributed by atoms with Gasteiger partial charge in [-0.2, -0.15) is 0 Å². The Kier molecular flexibility index (Phi) is 6.14. The Morgan fingerprint density at radius 3 is 2.55 bits per heavy atom. The van der Waals surface area contributed by atoms with Crippen LogP contribution in [0.2, 0.25) is 10.0 Å². The first-order valence-corrected chi connectivity index (χ1v) is 11.0. The van der Waals surface area contributed by atoms with Gasteiger partial charge in [0.2, 0.25) is 0 Å². The number of hydrogen-bond acceptors (Lipinski definition) is 6. The maximum atomic E-state index is 12.6. The first kappa shape index (κ1) is 21.9. The van der Waals surface area contributed by atoms with E-state index in [0.29, 0.717) is 16.6 Å². The van der Waals surface area contributed by atoms with E-state index in [4.69, 9.17) is 28.2 Å². The SMILES string of the molecule is C=C(C)CN1C(N2CCN(Cc3ccc(Cl)c(Cl)c3)CC2)=NC2C1C(=O)NC(=O)N2C. The third-order valence-corrected chi connectivity index (χ3v) is 6.56. The summed E-state index contributed by atoms with van der Waals surface area (Å²) >= 11 is 12.2. The zero-order chi connectivity index (χ0) is 22.3. The second-order valence-corrected chi connectivity index (χ2v) is 9.10. The van der Waals surface area contributed by atoms with Crippen LogP contribution in [0.15, 0.2) is 35.3 Å². The Hall–Kier alpha value is -2.29. The van der Waals surface area contributed by atoms with E-state index in [2.05, 4.69) is 21.7 Å². The van der Waals surface area contributed by atoms with Crippen molar-refractivity contribution in [1.82, 2.24) is 24.9 Å². The maximum absolute atomic E-state index is 12.6. The Labute approximate surface area is 192 Å². The van der Waals surface area contributed by atoms with E-state index in [1.54, 1.807) is 7.05 Å². The van der Waals surface area contributed by atoms with Crippen molar-refractivity contribution in [1.29, 1.82) is 0 Å². The van der Waals surface area contributed by atoms with Crippen LogP contribution in [-0.2, 0) is 11.3 Å². The maximum Gasteiger partial charge on any atom is 0.325 e. The van der Waals surface area contributed by atoms with Crippen molar-refractivity contribution in [3.63, 3.8) is 0 Å². The minimum atomic E-state index is -0.538. The van der Waals surface area contributed by atoms with Gasteiger partial charge < -0.3 is 14.7 Å². The van der Waals surface area contributed by atoms with Gasteiger partial charge in [0.25, 0.3) is 5.91 Å². The van der Waals surface area contributed by atoms with Crippen LogP contribution in [0.3, 0.4) is 0 Å². The normalized spacial score (nSPS) is 24.3. The number of benzene rings is 1. The number of fused-ring (bicyclic) bond motifs is 1. The molecule has 2 saturated heterocycles. The third-order valence-electron chi connectivity index (χ3n) is 5.82. The largest absolute Gasteiger partial charge is 0.340 e. The van der Waals surface area contributed by atoms with Crippen molar-refractivity contribution in [2.45, 2.75) is 25.7 Å². The summed E-state index contributed by atoms with van der Waals surface area (Å²) in [6.07, 6.45) is -0.523. The second kappa shape index (κ2) is 8.68. The molecule has 0 aliphatic carbocycles. The van der Waals surface area contributed by atoms with Crippen molar-refractivity contribution in [3.8, 4) is 0 Å². The predicted molar refractivity (Wildman–Crippen MR) is 121 cm³/mol. The fraction of sp³-hybridized carbons (Fsp3) is 0.476. The van der Waals surface area contributed by atoms with Gasteiger partial charge in [-0.3, -0.25) is 15.0 Å². The van der Waals surface area contributed by atoms with Gasteiger partial charge in [-0.05, 0) is 24.6 Å². The summed E-state index contributed by atoms with van der Waals surface area (Å²) in [5.41, 5.74) is 2.05. The summed E-state index contributed by atoms with van der Waals surface area (Å²) in [4.78, 5) is 37.5. The lowest BCUT2D eigenvalue weighted by molar-refractivity contribution is -0.127. The highest BCUT2D eigenvalue weighted by atomic mass is 35.5. The average Bonchev–Trinajstić information content (AvgIpc) is 3.09. The highest BCUT2D eigenvalue weighted by Crippen LogP contribution is 2.27. The first-order chi connectivity index (χ1) is 14.7. The number of halogens is 2. The van der Waals surface area contributed by atoms with Crippen molar-refractivity contribution >= 4 is 41.1 Å². The molecule has 0 bridgehead atoms. The van der Waals surface area contributed by atoms with Crippen LogP contribution < -0.4 is 5.32 Å². The summed E-state index contributed by atoms with van der Waals surface area (Å²) in [5, 5.41) is 3.55. The molecular formula is C21H26Cl2N6O2. The average molecular weight is 465 g/mol. The number of amides is 3. The van der Waals surface area contributed by atoms with E-state index in [0.717, 1.165) is 49.8 Å². The van der Waals surface area contributed by atoms with Crippen LogP contribution >= 0.6 is 23.2 Å². The van der Waals surface area contributed by atoms with Gasteiger partial charge in [0.1, 0.15) is 0 Å². The van der Waals surface area contributed by atoms with E-state index >= 15 is 0 Å². The second-order valence-electron chi connectivity index (χ2n) is 8.29. The van der Waals surface area contributed by atoms with Crippen LogP contribution in [-0.4, -0.2) is 89.5 Å². The summed E-state index contributed by atoms with van der Waals surface area (Å²) < 4.78 is 0. The molecule has 1 N–H and O–H groups in total. The van der Waals surface area contributed by atoms with Crippen LogP contribution in [0.1, 0.15) is 12.5 Å². The minimum Gasteiger partial charge on any atom is -0.340 e. The number of piperazine rings is 1. The van der Waals surface area contributed by atoms with Gasteiger partial charge in [-0.15, -0.1) is 0 Å². The topological polar surface area (TPSA) is 71.5 Å². The van der Waals surface area contributed by atoms with Crippen molar-refractivity contribution in [2.24, 2.45) is 4.99 Å². The number of hydrogen-bond donors (Lipinski definition) is 1. The molecule has 8 nitrogen and oxygen atoms in total. The molecule has 0 aromatic heterocycles. The number of aliphatic imine (C=N–C) groups is 1. The molecule has 3 aliphatic rings. The number of carbonyl (C=O) groups is 2. The molecule has 1 aromatic carbocycles. The molecule has 0 radical (unpaired) electrons. The third kappa shape index (κ3) is 4.37. The quantitative estimate of drug-likeness (QED) is 0.691. The van der Waals surface area contributed by atoms with E-state index in [1.165, 1.54) is 4.90 Å². The van der Waals surface area contributed by atoms with Crippen LogP contribution in [0, 0.1) is 0 Å². The summed E-state index contributed by atoms with van der Waals surface area (Å²) in [6, 6.07) is 4.76. The van der Waals surface area contributed by atoms with Crippen LogP contribution in [0.25, 0.3) is 0 Å². The molecule has 31 heavy (non-hydrogen) atoms. The first-order valence-electron chi connectivity index (χ1n) is 10.2. The molecule has 3 aliphatic heterocycles. The molecule has 3 amide bonds. The molecule has 0 saturated carbocycles. The highest BCUT2D eigenvalue weighted by molar-refractivity contribution is 6.42. The predicted octanol–water partition coefficient (Wildman–Crippen LogP) is 2.23. The highest BCUT2D eigenvalue weighted by Gasteiger charge is 2.49. The lowest BCUT2D eigenvalue weighted by atomic mass is 10.1. The Bertz CT molecular complexity index is 944. The number of nitrogens with zero attached hydrogens (tertiary/aromatic N) is 5. The smallest absolute Gasteiger partial charge is 0.325 e. The van der Waals surface area contributed by atoms with E-state index in [1.807, 2.05) is 30.0 Å². The van der Waals surface area contributed by atoms with Crippen LogP contribution in [0.4, 0.5) is 4.79 Å². The number of nitrogens with one attached hydrogen (secondary N) is 1. The molecule has 2 unspecified atom stereocenters. The van der Waals surface area contributed by atoms with Crippen LogP contribution in [0.5, 0.6) is 0 Å². The lowest BCUT2D eigenvalue weighted by Gasteiger charge is -2.40. The van der Waals surface area contributed by atoms with Gasteiger partial charge in [-0.1, -0.05) is 41.4 Å². The Morgan fingerprint density at radius 1 is 1.19 bits per heavy atom. The van der Waals surface area contributed by atoms with Gasteiger partial charge in [-0.25, -0.2) is 9.79 Å². The molecule has 4 rings (SSSR count). The molecular weight excluding hydrogens is 439 g/mol. The fourth-order valence-corrected chi connectivity index (χ4v) is 4.56. The molecule has 2 fully saturated rings. The number of carbonyl (C=O) groups excluding carboxylic acids is 2. The Morgan fingerprint density at radius 2 is 1.90 bits per heavy atom. The van der Waals surface area contributed by atoms with Crippen molar-refractivity contribution < 1.29 is 9.59 Å². The van der Waals surface area contributed by atoms with Gasteiger partial charge >= 0.3 is 6.03 Å². The monoisotopic (exact) mass is 464 g/mol. The molecule has 2 atom stereocenters. The zero-order valence-corrected chi connectivity index (χ0v) is 19.2. The van der Waals surface area contributed by atoms with E-state index in [9.17, 15) is 9.59 Å². The van der Waals surface area contributed by atoms with Crippen molar-refractivity contribution in [2.75, 3.05) is 39.8 Å².